The molecule has 0 aromatic carbocycles. The quantitative estimate of drug-likeness (QED) is 0.0235. The molecule has 0 aliphatic rings. The summed E-state index contributed by atoms with van der Waals surface area (Å²) in [6.45, 7) is 4.04. The zero-order valence-corrected chi connectivity index (χ0v) is 39.7. The molecule has 0 aromatic heterocycles. The predicted molar refractivity (Wildman–Crippen MR) is 233 cm³/mol. The topological polar surface area (TPSA) is 165 Å². The minimum atomic E-state index is -4.89. The molecule has 0 spiro atoms. The molecule has 0 aliphatic carbocycles. The van der Waals surface area contributed by atoms with Crippen LogP contribution < -0.4 is 10.6 Å². The molecule has 0 rings (SSSR count). The summed E-state index contributed by atoms with van der Waals surface area (Å²) in [5.41, 5.74) is 0. The van der Waals surface area contributed by atoms with Crippen LogP contribution in [0.25, 0.3) is 0 Å². The predicted octanol–water partition coefficient (Wildman–Crippen LogP) is 10.1. The van der Waals surface area contributed by atoms with E-state index in [-0.39, 0.29) is 68.3 Å². The summed E-state index contributed by atoms with van der Waals surface area (Å²) in [5, 5.41) is 2.69. The number of rotatable bonds is 42. The van der Waals surface area contributed by atoms with Gasteiger partial charge >= 0.3 is 11.9 Å². The third-order valence-electron chi connectivity index (χ3n) is 10.3. The molecule has 0 aromatic rings. The maximum atomic E-state index is 12.5. The van der Waals surface area contributed by atoms with E-state index in [0.717, 1.165) is 44.9 Å². The third-order valence-corrected chi connectivity index (χ3v) is 11.4. The van der Waals surface area contributed by atoms with E-state index in [0.29, 0.717) is 6.42 Å². The van der Waals surface area contributed by atoms with E-state index in [4.69, 9.17) is 9.47 Å². The van der Waals surface area contributed by atoms with Gasteiger partial charge in [0.1, 0.15) is 13.2 Å². The summed E-state index contributed by atoms with van der Waals surface area (Å²) >= 11 is 0. The van der Waals surface area contributed by atoms with Crippen molar-refractivity contribution < 1.29 is 41.6 Å². The van der Waals surface area contributed by atoms with E-state index in [2.05, 4.69) is 24.5 Å². The molecule has 1 unspecified atom stereocenters. The van der Waals surface area contributed by atoms with Gasteiger partial charge in [-0.15, -0.1) is 0 Å². The SMILES string of the molecule is CCCCCCCCCCCCCCCCCC(=O)OCCNC(=O)CC(C(=O)NCCOC(=O)CCCCCCCCCCCCCCCCC)S(=O)(=O)O.[Na]. The molecule has 0 fully saturated rings. The summed E-state index contributed by atoms with van der Waals surface area (Å²) in [4.78, 5) is 48.8. The van der Waals surface area contributed by atoms with E-state index >= 15 is 0 Å². The van der Waals surface area contributed by atoms with Crippen LogP contribution in [0.4, 0.5) is 0 Å². The molecule has 3 N–H and O–H groups in total. The van der Waals surface area contributed by atoms with Gasteiger partial charge < -0.3 is 20.1 Å². The fraction of sp³-hybridized carbons (Fsp3) is 0.909. The molecule has 0 heterocycles. The van der Waals surface area contributed by atoms with E-state index < -0.39 is 39.6 Å². The largest absolute Gasteiger partial charge is 0.464 e. The first-order valence-electron chi connectivity index (χ1n) is 22.9. The monoisotopic (exact) mass is 840 g/mol. The first kappa shape index (κ1) is 57.9. The number of hydrogen-bond donors (Lipinski definition) is 3. The van der Waals surface area contributed by atoms with Crippen LogP contribution in [0.5, 0.6) is 0 Å². The Morgan fingerprint density at radius 3 is 1.05 bits per heavy atom. The number of carbonyl (C=O) groups excluding carboxylic acids is 4. The zero-order valence-electron chi connectivity index (χ0n) is 36.9. The molecule has 11 nitrogen and oxygen atoms in total. The van der Waals surface area contributed by atoms with Crippen molar-refractivity contribution in [3.05, 3.63) is 0 Å². The number of esters is 2. The van der Waals surface area contributed by atoms with Crippen LogP contribution in [0.3, 0.4) is 0 Å². The molecule has 13 heteroatoms. The Kier molecular flexibility index (Phi) is 43.6. The first-order chi connectivity index (χ1) is 27.1. The van der Waals surface area contributed by atoms with E-state index in [1.54, 1.807) is 0 Å². The van der Waals surface area contributed by atoms with E-state index in [9.17, 15) is 32.1 Å². The van der Waals surface area contributed by atoms with Gasteiger partial charge in [0, 0.05) is 42.4 Å². The van der Waals surface area contributed by atoms with Crippen LogP contribution in [0.1, 0.15) is 226 Å². The second-order valence-corrected chi connectivity index (χ2v) is 17.3. The minimum absolute atomic E-state index is 0. The fourth-order valence-electron chi connectivity index (χ4n) is 6.81. The maximum Gasteiger partial charge on any atom is 0.305 e. The molecule has 1 atom stereocenters. The van der Waals surface area contributed by atoms with Crippen LogP contribution in [-0.2, 0) is 38.8 Å². The van der Waals surface area contributed by atoms with Crippen molar-refractivity contribution in [2.45, 2.75) is 231 Å². The van der Waals surface area contributed by atoms with Gasteiger partial charge in [0.05, 0.1) is 19.5 Å². The Hall–Kier alpha value is -1.21. The van der Waals surface area contributed by atoms with Crippen molar-refractivity contribution in [2.75, 3.05) is 26.3 Å². The molecule has 57 heavy (non-hydrogen) atoms. The van der Waals surface area contributed by atoms with Crippen molar-refractivity contribution >= 4 is 63.4 Å². The van der Waals surface area contributed by atoms with Crippen molar-refractivity contribution in [3.8, 4) is 0 Å². The molecule has 0 aliphatic heterocycles. The fourth-order valence-corrected chi connectivity index (χ4v) is 7.52. The Labute approximate surface area is 370 Å². The molecular formula is C44H84N2NaO9S. The van der Waals surface area contributed by atoms with Crippen molar-refractivity contribution in [1.29, 1.82) is 0 Å². The van der Waals surface area contributed by atoms with Crippen molar-refractivity contribution in [3.63, 3.8) is 0 Å². The second-order valence-electron chi connectivity index (χ2n) is 15.7. The summed E-state index contributed by atoms with van der Waals surface area (Å²) in [6.07, 6.45) is 36.9. The van der Waals surface area contributed by atoms with Crippen LogP contribution in [0.2, 0.25) is 0 Å². The van der Waals surface area contributed by atoms with Crippen LogP contribution in [0, 0.1) is 0 Å². The van der Waals surface area contributed by atoms with Crippen LogP contribution in [-0.4, -0.2) is 97.8 Å². The zero-order chi connectivity index (χ0) is 41.4. The van der Waals surface area contributed by atoms with Gasteiger partial charge in [-0.05, 0) is 12.8 Å². The Balaban J connectivity index is 0. The third kappa shape index (κ3) is 41.3. The Bertz CT molecular complexity index is 1080. The first-order valence-corrected chi connectivity index (χ1v) is 24.4. The molecule has 331 valence electrons. The summed E-state index contributed by atoms with van der Waals surface area (Å²) < 4.78 is 43.5. The smallest absolute Gasteiger partial charge is 0.305 e. The number of hydrogen-bond acceptors (Lipinski definition) is 8. The molecule has 0 bridgehead atoms. The molecule has 0 saturated heterocycles. The van der Waals surface area contributed by atoms with Gasteiger partial charge in [0.25, 0.3) is 10.1 Å². The molecule has 2 amide bonds. The number of ether oxygens (including phenoxy) is 2. The average molecular weight is 840 g/mol. The van der Waals surface area contributed by atoms with Gasteiger partial charge in [-0.25, -0.2) is 0 Å². The minimum Gasteiger partial charge on any atom is -0.464 e. The van der Waals surface area contributed by atoms with Gasteiger partial charge in [0.15, 0.2) is 5.25 Å². The summed E-state index contributed by atoms with van der Waals surface area (Å²) in [7, 11) is -4.89. The Morgan fingerprint density at radius 1 is 0.474 bits per heavy atom. The van der Waals surface area contributed by atoms with Crippen LogP contribution >= 0.6 is 0 Å². The van der Waals surface area contributed by atoms with Crippen LogP contribution in [0.15, 0.2) is 0 Å². The standard InChI is InChI=1S/C44H84N2O9S.Na/c1-3-5-7-9-11-13-15-17-19-21-23-25-27-29-31-33-42(48)54-37-35-45-41(47)39-40(56(51,52)53)44(50)46-36-38-55-43(49)34-32-30-28-26-24-22-20-18-16-14-12-10-8-6-4-2;/h40H,3-39H2,1-2H3,(H,45,47)(H,46,50)(H,51,52,53);. The van der Waals surface area contributed by atoms with E-state index in [1.165, 1.54) is 148 Å². The molecule has 0 saturated carbocycles. The van der Waals surface area contributed by atoms with E-state index in [1.807, 2.05) is 0 Å². The maximum absolute atomic E-state index is 12.5. The summed E-state index contributed by atoms with van der Waals surface area (Å²) in [5.74, 6) is -2.62. The van der Waals surface area contributed by atoms with Gasteiger partial charge in [-0.3, -0.25) is 23.7 Å². The van der Waals surface area contributed by atoms with Gasteiger partial charge in [0.2, 0.25) is 11.8 Å². The normalized spacial score (nSPS) is 11.8. The number of amides is 2. The number of carbonyl (C=O) groups is 4. The summed E-state index contributed by atoms with van der Waals surface area (Å²) in [6, 6.07) is 0. The number of unbranched alkanes of at least 4 members (excludes halogenated alkanes) is 28. The van der Waals surface area contributed by atoms with Gasteiger partial charge in [-0.1, -0.05) is 194 Å². The number of nitrogens with one attached hydrogen (secondary N) is 2. The Morgan fingerprint density at radius 2 is 0.754 bits per heavy atom. The van der Waals surface area contributed by atoms with Gasteiger partial charge in [-0.2, -0.15) is 8.42 Å². The average Bonchev–Trinajstić information content (AvgIpc) is 3.16. The van der Waals surface area contributed by atoms with Crippen molar-refractivity contribution in [1.82, 2.24) is 10.6 Å². The van der Waals surface area contributed by atoms with Crippen molar-refractivity contribution in [2.24, 2.45) is 0 Å². The molecular weight excluding hydrogens is 756 g/mol. The second kappa shape index (κ2) is 42.9. The molecule has 1 radical (unpaired) electrons.